The third kappa shape index (κ3) is 3.24. The molecule has 0 aliphatic heterocycles. The van der Waals surface area contributed by atoms with Gasteiger partial charge in [-0.2, -0.15) is 0 Å². The standard InChI is InChI=1S/C17H23NO4/c1-4-9-21-16-11-15(12(3)18(19)20)13-7-6-8-14(13)17(16)22-10-5-2/h11H,3-10H2,1-2H3. The van der Waals surface area contributed by atoms with Crippen molar-refractivity contribution < 1.29 is 14.4 Å². The maximum atomic E-state index is 11.1. The highest BCUT2D eigenvalue weighted by molar-refractivity contribution is 5.69. The molecule has 0 amide bonds. The summed E-state index contributed by atoms with van der Waals surface area (Å²) >= 11 is 0. The zero-order valence-corrected chi connectivity index (χ0v) is 13.3. The van der Waals surface area contributed by atoms with Crippen LogP contribution >= 0.6 is 0 Å². The van der Waals surface area contributed by atoms with Crippen LogP contribution in [0.15, 0.2) is 12.6 Å². The molecule has 0 atom stereocenters. The number of hydrogen-bond donors (Lipinski definition) is 0. The summed E-state index contributed by atoms with van der Waals surface area (Å²) in [5.74, 6) is 1.37. The second kappa shape index (κ2) is 7.29. The summed E-state index contributed by atoms with van der Waals surface area (Å²) in [6.07, 6.45) is 4.46. The van der Waals surface area contributed by atoms with E-state index in [4.69, 9.17) is 9.47 Å². The normalized spacial score (nSPS) is 12.8. The molecule has 2 rings (SSSR count). The molecule has 5 heteroatoms. The quantitative estimate of drug-likeness (QED) is 0.538. The molecule has 120 valence electrons. The van der Waals surface area contributed by atoms with E-state index in [-0.39, 0.29) is 5.70 Å². The van der Waals surface area contributed by atoms with Crippen LogP contribution in [0.25, 0.3) is 5.70 Å². The van der Waals surface area contributed by atoms with E-state index in [0.717, 1.165) is 49.0 Å². The Kier molecular flexibility index (Phi) is 5.41. The van der Waals surface area contributed by atoms with Crippen molar-refractivity contribution >= 4 is 5.70 Å². The molecule has 0 bridgehead atoms. The first kappa shape index (κ1) is 16.3. The van der Waals surface area contributed by atoms with Crippen LogP contribution in [-0.2, 0) is 12.8 Å². The molecule has 1 aliphatic rings. The Morgan fingerprint density at radius 2 is 1.86 bits per heavy atom. The van der Waals surface area contributed by atoms with Crippen molar-refractivity contribution in [2.45, 2.75) is 46.0 Å². The minimum atomic E-state index is -0.426. The van der Waals surface area contributed by atoms with Gasteiger partial charge in [0.2, 0.25) is 0 Å². The lowest BCUT2D eigenvalue weighted by molar-refractivity contribution is -0.375. The Bertz CT molecular complexity index is 581. The maximum absolute atomic E-state index is 11.1. The van der Waals surface area contributed by atoms with Gasteiger partial charge in [0.05, 0.1) is 23.7 Å². The molecule has 0 spiro atoms. The number of nitrogens with zero attached hydrogens (tertiary/aromatic N) is 1. The molecular weight excluding hydrogens is 282 g/mol. The number of benzene rings is 1. The molecule has 5 nitrogen and oxygen atoms in total. The molecule has 0 saturated carbocycles. The number of ether oxygens (including phenoxy) is 2. The first-order valence-corrected chi connectivity index (χ1v) is 7.88. The molecule has 0 saturated heterocycles. The van der Waals surface area contributed by atoms with Crippen molar-refractivity contribution in [3.63, 3.8) is 0 Å². The van der Waals surface area contributed by atoms with Gasteiger partial charge in [-0.15, -0.1) is 0 Å². The molecule has 0 fully saturated rings. The number of nitro groups is 1. The molecule has 1 aliphatic carbocycles. The maximum Gasteiger partial charge on any atom is 0.269 e. The largest absolute Gasteiger partial charge is 0.490 e. The fourth-order valence-corrected chi connectivity index (χ4v) is 2.76. The van der Waals surface area contributed by atoms with Gasteiger partial charge in [-0.05, 0) is 50.3 Å². The summed E-state index contributed by atoms with van der Waals surface area (Å²) in [5.41, 5.74) is 2.57. The minimum absolute atomic E-state index is 0.0680. The van der Waals surface area contributed by atoms with E-state index in [1.54, 1.807) is 6.07 Å². The Hall–Kier alpha value is -2.04. The monoisotopic (exact) mass is 305 g/mol. The van der Waals surface area contributed by atoms with Gasteiger partial charge >= 0.3 is 0 Å². The van der Waals surface area contributed by atoms with E-state index < -0.39 is 4.92 Å². The van der Waals surface area contributed by atoms with Crippen molar-refractivity contribution in [2.75, 3.05) is 13.2 Å². The Morgan fingerprint density at radius 1 is 1.23 bits per heavy atom. The molecule has 0 heterocycles. The van der Waals surface area contributed by atoms with Gasteiger partial charge in [0.25, 0.3) is 5.70 Å². The Morgan fingerprint density at radius 3 is 2.50 bits per heavy atom. The van der Waals surface area contributed by atoms with Crippen molar-refractivity contribution in [3.05, 3.63) is 39.4 Å². The average Bonchev–Trinajstić information content (AvgIpc) is 2.99. The molecule has 0 aromatic heterocycles. The van der Waals surface area contributed by atoms with E-state index in [1.165, 1.54) is 0 Å². The van der Waals surface area contributed by atoms with E-state index in [1.807, 2.05) is 6.92 Å². The number of hydrogen-bond acceptors (Lipinski definition) is 4. The summed E-state index contributed by atoms with van der Waals surface area (Å²) in [4.78, 5) is 10.7. The lowest BCUT2D eigenvalue weighted by atomic mass is 9.99. The van der Waals surface area contributed by atoms with Crippen molar-refractivity contribution in [2.24, 2.45) is 0 Å². The summed E-state index contributed by atoms with van der Waals surface area (Å²) in [6, 6.07) is 1.73. The fraction of sp³-hybridized carbons (Fsp3) is 0.529. The summed E-state index contributed by atoms with van der Waals surface area (Å²) < 4.78 is 11.7. The van der Waals surface area contributed by atoms with Crippen LogP contribution in [0.1, 0.15) is 49.8 Å². The average molecular weight is 305 g/mol. The van der Waals surface area contributed by atoms with Crippen LogP contribution in [0.2, 0.25) is 0 Å². The Labute approximate surface area is 131 Å². The van der Waals surface area contributed by atoms with Gasteiger partial charge in [0.1, 0.15) is 0 Å². The number of fused-ring (bicyclic) bond motifs is 1. The number of rotatable bonds is 8. The van der Waals surface area contributed by atoms with E-state index in [9.17, 15) is 10.1 Å². The Balaban J connectivity index is 2.51. The summed E-state index contributed by atoms with van der Waals surface area (Å²) in [7, 11) is 0. The molecule has 1 aromatic rings. The van der Waals surface area contributed by atoms with E-state index >= 15 is 0 Å². The summed E-state index contributed by atoms with van der Waals surface area (Å²) in [6.45, 7) is 8.87. The van der Waals surface area contributed by atoms with Crippen molar-refractivity contribution in [1.29, 1.82) is 0 Å². The molecule has 1 aromatic carbocycles. The van der Waals surface area contributed by atoms with Crippen molar-refractivity contribution in [3.8, 4) is 11.5 Å². The van der Waals surface area contributed by atoms with Gasteiger partial charge in [0.15, 0.2) is 11.5 Å². The minimum Gasteiger partial charge on any atom is -0.490 e. The van der Waals surface area contributed by atoms with E-state index in [0.29, 0.717) is 24.5 Å². The van der Waals surface area contributed by atoms with Crippen LogP contribution < -0.4 is 9.47 Å². The van der Waals surface area contributed by atoms with Gasteiger partial charge in [-0.25, -0.2) is 0 Å². The SMILES string of the molecule is C=C(c1cc(OCCC)c(OCCC)c2c1CCC2)[N+](=O)[O-]. The van der Waals surface area contributed by atoms with Crippen LogP contribution in [0.5, 0.6) is 11.5 Å². The zero-order valence-electron chi connectivity index (χ0n) is 13.3. The van der Waals surface area contributed by atoms with Gasteiger partial charge in [-0.3, -0.25) is 10.1 Å². The van der Waals surface area contributed by atoms with Crippen LogP contribution in [0.4, 0.5) is 0 Å². The highest BCUT2D eigenvalue weighted by Crippen LogP contribution is 2.43. The van der Waals surface area contributed by atoms with Crippen LogP contribution in [-0.4, -0.2) is 18.1 Å². The zero-order chi connectivity index (χ0) is 16.1. The third-order valence-corrected chi connectivity index (χ3v) is 3.76. The van der Waals surface area contributed by atoms with Gasteiger partial charge in [-0.1, -0.05) is 13.8 Å². The summed E-state index contributed by atoms with van der Waals surface area (Å²) in [5, 5.41) is 11.1. The molecule has 22 heavy (non-hydrogen) atoms. The first-order chi connectivity index (χ1) is 10.6. The fourth-order valence-electron chi connectivity index (χ4n) is 2.76. The lowest BCUT2D eigenvalue weighted by Gasteiger charge is -2.18. The molecule has 0 radical (unpaired) electrons. The smallest absolute Gasteiger partial charge is 0.269 e. The van der Waals surface area contributed by atoms with Crippen LogP contribution in [0.3, 0.4) is 0 Å². The van der Waals surface area contributed by atoms with Crippen molar-refractivity contribution in [1.82, 2.24) is 0 Å². The van der Waals surface area contributed by atoms with Gasteiger partial charge in [0, 0.05) is 5.56 Å². The van der Waals surface area contributed by atoms with E-state index in [2.05, 4.69) is 13.5 Å². The molecule has 0 N–H and O–H groups in total. The second-order valence-corrected chi connectivity index (χ2v) is 5.46. The third-order valence-electron chi connectivity index (χ3n) is 3.76. The predicted molar refractivity (Wildman–Crippen MR) is 86.1 cm³/mol. The highest BCUT2D eigenvalue weighted by atomic mass is 16.6. The molecule has 0 unspecified atom stereocenters. The van der Waals surface area contributed by atoms with Crippen LogP contribution in [0, 0.1) is 10.1 Å². The first-order valence-electron chi connectivity index (χ1n) is 7.88. The predicted octanol–water partition coefficient (Wildman–Crippen LogP) is 4.00. The molecular formula is C17H23NO4. The van der Waals surface area contributed by atoms with Gasteiger partial charge < -0.3 is 9.47 Å². The highest BCUT2D eigenvalue weighted by Gasteiger charge is 2.28. The topological polar surface area (TPSA) is 61.6 Å². The lowest BCUT2D eigenvalue weighted by Crippen LogP contribution is -2.07. The second-order valence-electron chi connectivity index (χ2n) is 5.46.